The second-order valence-corrected chi connectivity index (χ2v) is 22.9. The minimum atomic E-state index is -0.297. The van der Waals surface area contributed by atoms with Crippen molar-refractivity contribution in [1.82, 2.24) is 0 Å². The van der Waals surface area contributed by atoms with Gasteiger partial charge in [0.1, 0.15) is 22.3 Å². The molecule has 0 N–H and O–H groups in total. The van der Waals surface area contributed by atoms with Crippen LogP contribution in [-0.2, 0) is 10.8 Å². The topological polar surface area (TPSA) is 59.0 Å². The highest BCUT2D eigenvalue weighted by Crippen LogP contribution is 2.52. The van der Waals surface area contributed by atoms with Gasteiger partial charge in [0.2, 0.25) is 11.8 Å². The van der Waals surface area contributed by atoms with Crippen LogP contribution in [0, 0.1) is 0 Å². The average molecular weight is 997 g/mol. The summed E-state index contributed by atoms with van der Waals surface area (Å²) in [7, 11) is 0. The second kappa shape index (κ2) is 16.7. The molecule has 0 aliphatic carbocycles. The monoisotopic (exact) mass is 996 g/mol. The molecule has 13 aromatic rings. The van der Waals surface area contributed by atoms with Crippen molar-refractivity contribution in [2.24, 2.45) is 0 Å². The van der Waals surface area contributed by atoms with Gasteiger partial charge in [-0.2, -0.15) is 0 Å². The van der Waals surface area contributed by atoms with Crippen LogP contribution in [0.25, 0.3) is 88.4 Å². The molecular weight excluding hydrogens is 944 g/mol. The van der Waals surface area contributed by atoms with Crippen molar-refractivity contribution in [1.29, 1.82) is 0 Å². The Morgan fingerprint density at radius 2 is 0.753 bits per heavy atom. The Morgan fingerprint density at radius 3 is 1.19 bits per heavy atom. The maximum absolute atomic E-state index is 7.49. The van der Waals surface area contributed by atoms with Crippen LogP contribution in [0.15, 0.2) is 230 Å². The van der Waals surface area contributed by atoms with Gasteiger partial charge in [0, 0.05) is 66.1 Å². The smallest absolute Gasteiger partial charge is 0.262 e. The molecule has 0 spiro atoms. The van der Waals surface area contributed by atoms with Crippen molar-refractivity contribution in [3.05, 3.63) is 224 Å². The third-order valence-corrected chi connectivity index (χ3v) is 16.2. The average Bonchev–Trinajstić information content (AvgIpc) is 4.27. The largest absolute Gasteiger partial charge is 0.464 e. The lowest BCUT2D eigenvalue weighted by Gasteiger charge is -2.41. The number of hydrogen-bond acceptors (Lipinski definition) is 6. The number of hydrogen-bond donors (Lipinski definition) is 0. The fourth-order valence-electron chi connectivity index (χ4n) is 12.3. The predicted octanol–water partition coefficient (Wildman–Crippen LogP) is 18.0. The zero-order valence-electron chi connectivity index (χ0n) is 43.8. The van der Waals surface area contributed by atoms with Crippen LogP contribution in [0.3, 0.4) is 0 Å². The molecule has 0 radical (unpaired) electrons. The zero-order chi connectivity index (χ0) is 51.9. The van der Waals surface area contributed by atoms with Crippen molar-refractivity contribution < 1.29 is 17.7 Å². The van der Waals surface area contributed by atoms with Crippen LogP contribution in [0.5, 0.6) is 0 Å². The minimum Gasteiger partial charge on any atom is -0.464 e. The number of fused-ring (bicyclic) bond motifs is 10. The van der Waals surface area contributed by atoms with Crippen molar-refractivity contribution in [2.75, 3.05) is 9.80 Å². The second-order valence-electron chi connectivity index (χ2n) is 22.9. The maximum Gasteiger partial charge on any atom is 0.262 e. The summed E-state index contributed by atoms with van der Waals surface area (Å²) in [6.45, 7) is 13.4. The summed E-state index contributed by atoms with van der Waals surface area (Å²) in [5.41, 5.74) is 21.5. The molecule has 0 atom stereocenters. The van der Waals surface area contributed by atoms with Crippen LogP contribution in [0.1, 0.15) is 52.7 Å². The van der Waals surface area contributed by atoms with Crippen LogP contribution >= 0.6 is 0 Å². The first-order chi connectivity index (χ1) is 37.5. The first-order valence-corrected chi connectivity index (χ1v) is 26.7. The molecule has 77 heavy (non-hydrogen) atoms. The molecule has 0 amide bonds. The molecule has 2 aliphatic rings. The maximum atomic E-state index is 7.49. The number of anilines is 6. The number of nitrogens with zero attached hydrogens (tertiary/aromatic N) is 2. The molecule has 9 aromatic carbocycles. The highest BCUT2D eigenvalue weighted by atomic mass is 16.4. The summed E-state index contributed by atoms with van der Waals surface area (Å²) in [6, 6.07) is 72.0. The molecule has 0 saturated carbocycles. The van der Waals surface area contributed by atoms with Gasteiger partial charge in [0.05, 0.1) is 23.9 Å². The molecule has 0 bridgehead atoms. The van der Waals surface area contributed by atoms with Gasteiger partial charge in [-0.1, -0.05) is 181 Å². The SMILES string of the molecule is CC(C)(C)c1ccc2oc3c(c2c1)B1c2c(cccc2N(c2cc(-c4coc5ccccc45)ccc2-c2ccccc2)c2oc4ccc(C(C)(C)C)cc4c21)N3c1cc(-c2coc3ccccc23)ccc1-c1ccccc1. The van der Waals surface area contributed by atoms with Gasteiger partial charge in [-0.05, 0) is 110 Å². The van der Waals surface area contributed by atoms with Crippen molar-refractivity contribution in [3.8, 4) is 44.5 Å². The normalized spacial score (nSPS) is 13.2. The van der Waals surface area contributed by atoms with E-state index in [1.54, 1.807) is 0 Å². The first kappa shape index (κ1) is 45.2. The molecule has 0 fully saturated rings. The summed E-state index contributed by atoms with van der Waals surface area (Å²) < 4.78 is 27.4. The quantitative estimate of drug-likeness (QED) is 0.155. The van der Waals surface area contributed by atoms with Crippen LogP contribution in [0.2, 0.25) is 0 Å². The van der Waals surface area contributed by atoms with Gasteiger partial charge < -0.3 is 17.7 Å². The van der Waals surface area contributed by atoms with E-state index in [9.17, 15) is 0 Å². The third-order valence-electron chi connectivity index (χ3n) is 16.2. The van der Waals surface area contributed by atoms with Crippen LogP contribution < -0.4 is 26.2 Å². The Kier molecular flexibility index (Phi) is 9.78. The van der Waals surface area contributed by atoms with E-state index in [0.717, 1.165) is 139 Å². The van der Waals surface area contributed by atoms with Gasteiger partial charge in [-0.25, -0.2) is 0 Å². The molecule has 0 unspecified atom stereocenters. The third kappa shape index (κ3) is 6.96. The zero-order valence-corrected chi connectivity index (χ0v) is 43.8. The Bertz CT molecular complexity index is 4220. The number of furan rings is 4. The van der Waals surface area contributed by atoms with Crippen LogP contribution in [-0.4, -0.2) is 6.71 Å². The van der Waals surface area contributed by atoms with Crippen molar-refractivity contribution >= 4 is 101 Å². The number of rotatable bonds is 6. The van der Waals surface area contributed by atoms with Crippen molar-refractivity contribution in [3.63, 3.8) is 0 Å². The van der Waals surface area contributed by atoms with Gasteiger partial charge >= 0.3 is 0 Å². The summed E-state index contributed by atoms with van der Waals surface area (Å²) in [5.74, 6) is 1.57. The molecule has 370 valence electrons. The highest BCUT2D eigenvalue weighted by molar-refractivity contribution is 7.02. The van der Waals surface area contributed by atoms with Gasteiger partial charge in [-0.15, -0.1) is 0 Å². The van der Waals surface area contributed by atoms with E-state index in [1.807, 2.05) is 36.8 Å². The summed E-state index contributed by atoms with van der Waals surface area (Å²) in [6.07, 6.45) is 3.78. The molecule has 0 saturated heterocycles. The van der Waals surface area contributed by atoms with Gasteiger partial charge in [-0.3, -0.25) is 9.80 Å². The van der Waals surface area contributed by atoms with E-state index in [1.165, 1.54) is 11.1 Å². The lowest BCUT2D eigenvalue weighted by molar-refractivity contribution is 0.589. The fraction of sp³-hybridized carbons (Fsp3) is 0.114. The molecule has 7 heteroatoms. The van der Waals surface area contributed by atoms with E-state index in [0.29, 0.717) is 0 Å². The van der Waals surface area contributed by atoms with Crippen molar-refractivity contribution in [2.45, 2.75) is 52.4 Å². The van der Waals surface area contributed by atoms with E-state index in [-0.39, 0.29) is 17.5 Å². The standard InChI is InChI=1S/C70H53BN2O4/c1-69(2,3)46-30-34-62-52(38-46)64-67(76-62)72(58-36-44(28-32-48(58)42-18-9-7-10-19-42)54-40-74-60-26-15-13-22-50(54)60)56-24-17-25-57-66(56)71(64)65-53-39-47(70(4,5)6)31-35-63(53)77-68(65)73(57)59-37-45(29-33-49(59)43-20-11-8-12-21-43)55-41-75-61-27-16-14-23-51(55)61/h7-41H,1-6H3. The fourth-order valence-corrected chi connectivity index (χ4v) is 12.3. The molecule has 15 rings (SSSR count). The summed E-state index contributed by atoms with van der Waals surface area (Å²) in [4.78, 5) is 4.82. The lowest BCUT2D eigenvalue weighted by Crippen LogP contribution is -2.60. The highest BCUT2D eigenvalue weighted by Gasteiger charge is 2.49. The Labute approximate surface area is 447 Å². The van der Waals surface area contributed by atoms with E-state index < -0.39 is 0 Å². The Hall–Kier alpha value is -9.20. The number of benzene rings is 9. The summed E-state index contributed by atoms with van der Waals surface area (Å²) in [5, 5.41) is 4.29. The summed E-state index contributed by atoms with van der Waals surface area (Å²) >= 11 is 0. The number of para-hydroxylation sites is 2. The first-order valence-electron chi connectivity index (χ1n) is 26.7. The minimum absolute atomic E-state index is 0.129. The lowest BCUT2D eigenvalue weighted by atomic mass is 9.33. The molecule has 6 heterocycles. The van der Waals surface area contributed by atoms with Gasteiger partial charge in [0.25, 0.3) is 6.71 Å². The predicted molar refractivity (Wildman–Crippen MR) is 319 cm³/mol. The molecule has 2 aliphatic heterocycles. The molecule has 4 aromatic heterocycles. The van der Waals surface area contributed by atoms with Crippen LogP contribution in [0.4, 0.5) is 34.5 Å². The van der Waals surface area contributed by atoms with Gasteiger partial charge in [0.15, 0.2) is 0 Å². The van der Waals surface area contributed by atoms with E-state index in [4.69, 9.17) is 17.7 Å². The Balaban J connectivity index is 1.08. The molecule has 6 nitrogen and oxygen atoms in total. The van der Waals surface area contributed by atoms with E-state index >= 15 is 0 Å². The Morgan fingerprint density at radius 1 is 0.325 bits per heavy atom. The van der Waals surface area contributed by atoms with E-state index in [2.05, 4.69) is 227 Å². The molecular formula is C70H53BN2O4.